The van der Waals surface area contributed by atoms with Crippen molar-refractivity contribution in [2.24, 2.45) is 5.92 Å². The molecule has 2 atom stereocenters. The van der Waals surface area contributed by atoms with E-state index in [0.717, 1.165) is 39.0 Å². The first-order valence-corrected chi connectivity index (χ1v) is 6.31. The normalized spacial score (nSPS) is 29.9. The maximum atomic E-state index is 11.9. The molecule has 2 heterocycles. The van der Waals surface area contributed by atoms with Crippen molar-refractivity contribution in [2.75, 3.05) is 33.3 Å². The van der Waals surface area contributed by atoms with E-state index in [1.165, 1.54) is 6.42 Å². The number of hydrogen-bond donors (Lipinski definition) is 1. The summed E-state index contributed by atoms with van der Waals surface area (Å²) < 4.78 is 5.27. The van der Waals surface area contributed by atoms with Crippen molar-refractivity contribution < 1.29 is 9.53 Å². The molecular weight excluding hydrogens is 204 g/mol. The Morgan fingerprint density at radius 3 is 3.00 bits per heavy atom. The molecule has 0 saturated carbocycles. The van der Waals surface area contributed by atoms with E-state index in [2.05, 4.69) is 5.32 Å². The fraction of sp³-hybridized carbons (Fsp3) is 0.917. The minimum atomic E-state index is 0.261. The van der Waals surface area contributed by atoms with Gasteiger partial charge in [0.05, 0.1) is 6.10 Å². The molecule has 0 radical (unpaired) electrons. The number of nitrogens with zero attached hydrogens (tertiary/aromatic N) is 1. The van der Waals surface area contributed by atoms with Gasteiger partial charge in [-0.15, -0.1) is 0 Å². The fourth-order valence-electron chi connectivity index (χ4n) is 2.59. The molecule has 92 valence electrons. The van der Waals surface area contributed by atoms with E-state index in [9.17, 15) is 4.79 Å². The third kappa shape index (κ3) is 2.95. The fourth-order valence-corrected chi connectivity index (χ4v) is 2.59. The third-order valence-corrected chi connectivity index (χ3v) is 3.76. The SMILES string of the molecule is CO[C@H]1CCN(C(=O)CCC2CCNC2)C1. The van der Waals surface area contributed by atoms with Crippen molar-refractivity contribution in [3.05, 3.63) is 0 Å². The van der Waals surface area contributed by atoms with Crippen molar-refractivity contribution in [3.63, 3.8) is 0 Å². The lowest BCUT2D eigenvalue weighted by Crippen LogP contribution is -2.30. The van der Waals surface area contributed by atoms with Crippen molar-refractivity contribution in [1.29, 1.82) is 0 Å². The summed E-state index contributed by atoms with van der Waals surface area (Å²) in [5, 5.41) is 3.34. The lowest BCUT2D eigenvalue weighted by atomic mass is 10.0. The van der Waals surface area contributed by atoms with Gasteiger partial charge in [-0.3, -0.25) is 4.79 Å². The molecule has 0 aromatic rings. The monoisotopic (exact) mass is 226 g/mol. The Hall–Kier alpha value is -0.610. The maximum absolute atomic E-state index is 11.9. The highest BCUT2D eigenvalue weighted by Crippen LogP contribution is 2.18. The average Bonchev–Trinajstić information content (AvgIpc) is 2.96. The summed E-state index contributed by atoms with van der Waals surface area (Å²) in [5.41, 5.74) is 0. The molecule has 0 aliphatic carbocycles. The zero-order valence-electron chi connectivity index (χ0n) is 10.1. The second-order valence-corrected chi connectivity index (χ2v) is 4.88. The molecule has 0 bridgehead atoms. The van der Waals surface area contributed by atoms with Crippen LogP contribution in [0.5, 0.6) is 0 Å². The average molecular weight is 226 g/mol. The molecule has 1 unspecified atom stereocenters. The molecule has 16 heavy (non-hydrogen) atoms. The highest BCUT2D eigenvalue weighted by Gasteiger charge is 2.26. The molecule has 4 nitrogen and oxygen atoms in total. The first-order valence-electron chi connectivity index (χ1n) is 6.31. The number of ether oxygens (including phenoxy) is 1. The number of nitrogens with one attached hydrogen (secondary N) is 1. The number of amides is 1. The van der Waals surface area contributed by atoms with Crippen LogP contribution in [0.4, 0.5) is 0 Å². The van der Waals surface area contributed by atoms with Crippen LogP contribution in [0.1, 0.15) is 25.7 Å². The summed E-state index contributed by atoms with van der Waals surface area (Å²) in [6.07, 6.45) is 4.24. The first-order chi connectivity index (χ1) is 7.79. The van der Waals surface area contributed by atoms with E-state index in [-0.39, 0.29) is 6.10 Å². The summed E-state index contributed by atoms with van der Waals surface area (Å²) in [6, 6.07) is 0. The molecule has 1 N–H and O–H groups in total. The zero-order valence-corrected chi connectivity index (χ0v) is 10.1. The van der Waals surface area contributed by atoms with Crippen LogP contribution in [0.25, 0.3) is 0 Å². The lowest BCUT2D eigenvalue weighted by molar-refractivity contribution is -0.130. The Bertz CT molecular complexity index is 239. The minimum Gasteiger partial charge on any atom is -0.380 e. The van der Waals surface area contributed by atoms with E-state index < -0.39 is 0 Å². The van der Waals surface area contributed by atoms with Crippen LogP contribution in [0, 0.1) is 5.92 Å². The van der Waals surface area contributed by atoms with Crippen molar-refractivity contribution in [1.82, 2.24) is 10.2 Å². The lowest BCUT2D eigenvalue weighted by Gasteiger charge is -2.17. The first kappa shape index (κ1) is 11.9. The van der Waals surface area contributed by atoms with Crippen LogP contribution in [0.2, 0.25) is 0 Å². The second-order valence-electron chi connectivity index (χ2n) is 4.88. The largest absolute Gasteiger partial charge is 0.380 e. The summed E-state index contributed by atoms with van der Waals surface area (Å²) in [6.45, 7) is 3.88. The number of carbonyl (C=O) groups excluding carboxylic acids is 1. The zero-order chi connectivity index (χ0) is 11.4. The summed E-state index contributed by atoms with van der Waals surface area (Å²) in [7, 11) is 1.73. The van der Waals surface area contributed by atoms with E-state index in [1.807, 2.05) is 4.90 Å². The molecule has 0 aromatic heterocycles. The maximum Gasteiger partial charge on any atom is 0.222 e. The molecular formula is C12H22N2O2. The quantitative estimate of drug-likeness (QED) is 0.764. The van der Waals surface area contributed by atoms with Gasteiger partial charge in [0.15, 0.2) is 0 Å². The van der Waals surface area contributed by atoms with Crippen molar-refractivity contribution in [2.45, 2.75) is 31.8 Å². The van der Waals surface area contributed by atoms with Crippen LogP contribution < -0.4 is 5.32 Å². The molecule has 0 aromatic carbocycles. The number of methoxy groups -OCH3 is 1. The predicted molar refractivity (Wildman–Crippen MR) is 62.2 cm³/mol. The standard InChI is InChI=1S/C12H22N2O2/c1-16-11-5-7-14(9-11)12(15)3-2-10-4-6-13-8-10/h10-11,13H,2-9H2,1H3/t10?,11-/m0/s1. The van der Waals surface area contributed by atoms with E-state index in [4.69, 9.17) is 4.74 Å². The third-order valence-electron chi connectivity index (χ3n) is 3.76. The molecule has 2 fully saturated rings. The molecule has 2 rings (SSSR count). The van der Waals surface area contributed by atoms with Gasteiger partial charge < -0.3 is 15.0 Å². The molecule has 2 aliphatic heterocycles. The van der Waals surface area contributed by atoms with E-state index in [0.29, 0.717) is 18.2 Å². The Balaban J connectivity index is 1.67. The Labute approximate surface area is 97.3 Å². The van der Waals surface area contributed by atoms with Gasteiger partial charge in [0, 0.05) is 26.6 Å². The van der Waals surface area contributed by atoms with Gasteiger partial charge in [0.1, 0.15) is 0 Å². The van der Waals surface area contributed by atoms with Crippen LogP contribution >= 0.6 is 0 Å². The van der Waals surface area contributed by atoms with Gasteiger partial charge in [-0.05, 0) is 38.3 Å². The van der Waals surface area contributed by atoms with Crippen LogP contribution in [-0.2, 0) is 9.53 Å². The van der Waals surface area contributed by atoms with Crippen molar-refractivity contribution >= 4 is 5.91 Å². The Morgan fingerprint density at radius 2 is 2.38 bits per heavy atom. The summed E-state index contributed by atoms with van der Waals surface area (Å²) in [5.74, 6) is 1.02. The predicted octanol–water partition coefficient (Wildman–Crippen LogP) is 0.623. The van der Waals surface area contributed by atoms with Gasteiger partial charge in [0.25, 0.3) is 0 Å². The Kier molecular flexibility index (Phi) is 4.18. The van der Waals surface area contributed by atoms with E-state index in [1.54, 1.807) is 7.11 Å². The topological polar surface area (TPSA) is 41.6 Å². The van der Waals surface area contributed by atoms with Gasteiger partial charge in [-0.1, -0.05) is 0 Å². The summed E-state index contributed by atoms with van der Waals surface area (Å²) in [4.78, 5) is 13.9. The highest BCUT2D eigenvalue weighted by atomic mass is 16.5. The highest BCUT2D eigenvalue weighted by molar-refractivity contribution is 5.76. The minimum absolute atomic E-state index is 0.261. The number of likely N-dealkylation sites (tertiary alicyclic amines) is 1. The van der Waals surface area contributed by atoms with Gasteiger partial charge in [-0.25, -0.2) is 0 Å². The van der Waals surface area contributed by atoms with Gasteiger partial charge in [-0.2, -0.15) is 0 Å². The smallest absolute Gasteiger partial charge is 0.222 e. The van der Waals surface area contributed by atoms with Gasteiger partial charge in [0.2, 0.25) is 5.91 Å². The number of hydrogen-bond acceptors (Lipinski definition) is 3. The molecule has 2 saturated heterocycles. The van der Waals surface area contributed by atoms with Crippen molar-refractivity contribution in [3.8, 4) is 0 Å². The Morgan fingerprint density at radius 1 is 1.50 bits per heavy atom. The molecule has 2 aliphatic rings. The van der Waals surface area contributed by atoms with Gasteiger partial charge >= 0.3 is 0 Å². The molecule has 0 spiro atoms. The van der Waals surface area contributed by atoms with Crippen LogP contribution in [-0.4, -0.2) is 50.2 Å². The van der Waals surface area contributed by atoms with Crippen LogP contribution in [0.3, 0.4) is 0 Å². The van der Waals surface area contributed by atoms with E-state index >= 15 is 0 Å². The number of carbonyl (C=O) groups is 1. The summed E-state index contributed by atoms with van der Waals surface area (Å²) >= 11 is 0. The molecule has 1 amide bonds. The van der Waals surface area contributed by atoms with Crippen LogP contribution in [0.15, 0.2) is 0 Å². The second kappa shape index (κ2) is 5.64. The number of rotatable bonds is 4. The molecule has 4 heteroatoms.